The summed E-state index contributed by atoms with van der Waals surface area (Å²) in [6.07, 6.45) is 4.01. The highest BCUT2D eigenvalue weighted by atomic mass is 16.2. The molecule has 33 heavy (non-hydrogen) atoms. The van der Waals surface area contributed by atoms with E-state index in [-0.39, 0.29) is 24.2 Å². The van der Waals surface area contributed by atoms with Gasteiger partial charge < -0.3 is 9.80 Å². The molecule has 1 saturated heterocycles. The quantitative estimate of drug-likeness (QED) is 0.456. The summed E-state index contributed by atoms with van der Waals surface area (Å²) in [5.41, 5.74) is 3.02. The molecule has 2 amide bonds. The van der Waals surface area contributed by atoms with E-state index in [1.165, 1.54) is 5.56 Å². The molecule has 0 unspecified atom stereocenters. The predicted molar refractivity (Wildman–Crippen MR) is 129 cm³/mol. The van der Waals surface area contributed by atoms with Gasteiger partial charge in [0.2, 0.25) is 11.8 Å². The molecule has 2 heterocycles. The Kier molecular flexibility index (Phi) is 5.65. The molecule has 1 atom stereocenters. The van der Waals surface area contributed by atoms with Crippen LogP contribution >= 0.6 is 0 Å². The van der Waals surface area contributed by atoms with Gasteiger partial charge in [-0.3, -0.25) is 14.3 Å². The first kappa shape index (κ1) is 20.9. The van der Waals surface area contributed by atoms with Crippen molar-refractivity contribution in [3.05, 3.63) is 96.3 Å². The number of hydrogen-bond donors (Lipinski definition) is 0. The number of nitrogens with zero attached hydrogens (tertiary/aromatic N) is 4. The SMILES string of the molecule is CN(Cc1cnn(Cc2ccccc2)c1)C(=O)[C@H]1CC(=O)N(c2cccc3ccccc23)C1. The topological polar surface area (TPSA) is 58.4 Å². The summed E-state index contributed by atoms with van der Waals surface area (Å²) in [5.74, 6) is -0.364. The summed E-state index contributed by atoms with van der Waals surface area (Å²) in [6.45, 7) is 1.56. The minimum atomic E-state index is -0.346. The molecule has 5 rings (SSSR count). The van der Waals surface area contributed by atoms with Gasteiger partial charge in [-0.15, -0.1) is 0 Å². The number of aromatic nitrogens is 2. The molecule has 6 nitrogen and oxygen atoms in total. The number of benzene rings is 3. The minimum absolute atomic E-state index is 0.00576. The zero-order valence-electron chi connectivity index (χ0n) is 18.6. The zero-order valence-corrected chi connectivity index (χ0v) is 18.6. The maximum Gasteiger partial charge on any atom is 0.228 e. The van der Waals surface area contributed by atoms with Gasteiger partial charge in [0, 0.05) is 43.7 Å². The monoisotopic (exact) mass is 438 g/mol. The van der Waals surface area contributed by atoms with E-state index in [0.717, 1.165) is 22.0 Å². The fraction of sp³-hybridized carbons (Fsp3) is 0.222. The van der Waals surface area contributed by atoms with E-state index in [1.807, 2.05) is 71.5 Å². The number of carbonyl (C=O) groups is 2. The van der Waals surface area contributed by atoms with Crippen molar-refractivity contribution in [2.24, 2.45) is 5.92 Å². The lowest BCUT2D eigenvalue weighted by molar-refractivity contribution is -0.135. The molecule has 1 aliphatic rings. The molecule has 0 N–H and O–H groups in total. The van der Waals surface area contributed by atoms with Gasteiger partial charge in [-0.25, -0.2) is 0 Å². The molecule has 1 aromatic heterocycles. The van der Waals surface area contributed by atoms with Crippen LogP contribution < -0.4 is 4.90 Å². The Morgan fingerprint density at radius 3 is 2.61 bits per heavy atom. The highest BCUT2D eigenvalue weighted by Gasteiger charge is 2.37. The Labute approximate surface area is 193 Å². The predicted octanol–water partition coefficient (Wildman–Crippen LogP) is 4.10. The van der Waals surface area contributed by atoms with Gasteiger partial charge in [-0.05, 0) is 17.0 Å². The van der Waals surface area contributed by atoms with Crippen molar-refractivity contribution < 1.29 is 9.59 Å². The van der Waals surface area contributed by atoms with Gasteiger partial charge in [-0.1, -0.05) is 66.7 Å². The number of rotatable bonds is 6. The fourth-order valence-corrected chi connectivity index (χ4v) is 4.56. The second-order valence-electron chi connectivity index (χ2n) is 8.63. The van der Waals surface area contributed by atoms with E-state index in [0.29, 0.717) is 19.6 Å². The summed E-state index contributed by atoms with van der Waals surface area (Å²) in [5, 5.41) is 6.54. The number of hydrogen-bond acceptors (Lipinski definition) is 3. The average Bonchev–Trinajstić information content (AvgIpc) is 3.44. The molecule has 1 fully saturated rings. The molecular weight excluding hydrogens is 412 g/mol. The number of fused-ring (bicyclic) bond motifs is 1. The molecule has 3 aromatic carbocycles. The average molecular weight is 439 g/mol. The van der Waals surface area contributed by atoms with Crippen LogP contribution in [0.4, 0.5) is 5.69 Å². The minimum Gasteiger partial charge on any atom is -0.341 e. The third kappa shape index (κ3) is 4.37. The molecule has 1 aliphatic heterocycles. The van der Waals surface area contributed by atoms with Gasteiger partial charge in [0.05, 0.1) is 24.3 Å². The molecule has 6 heteroatoms. The molecule has 0 bridgehead atoms. The summed E-state index contributed by atoms with van der Waals surface area (Å²) < 4.78 is 1.88. The second kappa shape index (κ2) is 8.90. The molecule has 166 valence electrons. The largest absolute Gasteiger partial charge is 0.341 e. The van der Waals surface area contributed by atoms with E-state index in [2.05, 4.69) is 17.2 Å². The lowest BCUT2D eigenvalue weighted by Crippen LogP contribution is -2.34. The second-order valence-corrected chi connectivity index (χ2v) is 8.63. The van der Waals surface area contributed by atoms with Crippen LogP contribution in [0.2, 0.25) is 0 Å². The lowest BCUT2D eigenvalue weighted by atomic mass is 10.1. The van der Waals surface area contributed by atoms with E-state index in [1.54, 1.807) is 23.0 Å². The normalized spacial score (nSPS) is 15.8. The van der Waals surface area contributed by atoms with Crippen LogP contribution in [0.3, 0.4) is 0 Å². The standard InChI is InChI=1S/C27H26N4O2/c1-29(16-21-15-28-30(18-21)17-20-8-3-2-4-9-20)27(33)23-14-26(32)31(19-23)25-13-7-11-22-10-5-6-12-24(22)25/h2-13,15,18,23H,14,16-17,19H2,1H3/t23-/m0/s1. The molecule has 0 radical (unpaired) electrons. The van der Waals surface area contributed by atoms with Crippen molar-refractivity contribution in [3.63, 3.8) is 0 Å². The van der Waals surface area contributed by atoms with Crippen LogP contribution in [0, 0.1) is 5.92 Å². The van der Waals surface area contributed by atoms with Crippen molar-refractivity contribution >= 4 is 28.3 Å². The third-order valence-electron chi connectivity index (χ3n) is 6.20. The van der Waals surface area contributed by atoms with Crippen molar-refractivity contribution in [2.45, 2.75) is 19.5 Å². The first-order chi connectivity index (χ1) is 16.1. The third-order valence-corrected chi connectivity index (χ3v) is 6.20. The first-order valence-electron chi connectivity index (χ1n) is 11.2. The van der Waals surface area contributed by atoms with Crippen molar-refractivity contribution in [3.8, 4) is 0 Å². The number of amides is 2. The Morgan fingerprint density at radius 1 is 1.00 bits per heavy atom. The highest BCUT2D eigenvalue weighted by Crippen LogP contribution is 2.32. The van der Waals surface area contributed by atoms with E-state index >= 15 is 0 Å². The van der Waals surface area contributed by atoms with E-state index in [4.69, 9.17) is 0 Å². The van der Waals surface area contributed by atoms with Crippen LogP contribution in [-0.2, 0) is 22.7 Å². The van der Waals surface area contributed by atoms with Gasteiger partial charge >= 0.3 is 0 Å². The van der Waals surface area contributed by atoms with Crippen LogP contribution in [0.15, 0.2) is 85.2 Å². The van der Waals surface area contributed by atoms with E-state index < -0.39 is 0 Å². The Morgan fingerprint density at radius 2 is 1.76 bits per heavy atom. The van der Waals surface area contributed by atoms with Gasteiger partial charge in [0.1, 0.15) is 0 Å². The van der Waals surface area contributed by atoms with Crippen LogP contribution in [0.25, 0.3) is 10.8 Å². The summed E-state index contributed by atoms with van der Waals surface area (Å²) in [4.78, 5) is 29.4. The van der Waals surface area contributed by atoms with Gasteiger partial charge in [0.25, 0.3) is 0 Å². The lowest BCUT2D eigenvalue weighted by Gasteiger charge is -2.22. The van der Waals surface area contributed by atoms with E-state index in [9.17, 15) is 9.59 Å². The molecule has 0 aliphatic carbocycles. The summed E-state index contributed by atoms with van der Waals surface area (Å²) in [7, 11) is 1.79. The maximum atomic E-state index is 13.2. The summed E-state index contributed by atoms with van der Waals surface area (Å²) >= 11 is 0. The Hall–Kier alpha value is -3.93. The van der Waals surface area contributed by atoms with Crippen LogP contribution in [0.1, 0.15) is 17.5 Å². The molecule has 0 spiro atoms. The maximum absolute atomic E-state index is 13.2. The smallest absolute Gasteiger partial charge is 0.228 e. The van der Waals surface area contributed by atoms with Crippen molar-refractivity contribution in [1.29, 1.82) is 0 Å². The molecule has 4 aromatic rings. The number of carbonyl (C=O) groups excluding carboxylic acids is 2. The zero-order chi connectivity index (χ0) is 22.8. The van der Waals surface area contributed by atoms with Crippen molar-refractivity contribution in [2.75, 3.05) is 18.5 Å². The van der Waals surface area contributed by atoms with Crippen LogP contribution in [-0.4, -0.2) is 40.1 Å². The number of anilines is 1. The summed E-state index contributed by atoms with van der Waals surface area (Å²) in [6, 6.07) is 24.1. The first-order valence-corrected chi connectivity index (χ1v) is 11.2. The Bertz CT molecular complexity index is 1290. The van der Waals surface area contributed by atoms with Gasteiger partial charge in [0.15, 0.2) is 0 Å². The van der Waals surface area contributed by atoms with Crippen LogP contribution in [0.5, 0.6) is 0 Å². The Balaban J connectivity index is 1.25. The molecule has 0 saturated carbocycles. The van der Waals surface area contributed by atoms with Gasteiger partial charge in [-0.2, -0.15) is 5.10 Å². The highest BCUT2D eigenvalue weighted by molar-refractivity contribution is 6.06. The van der Waals surface area contributed by atoms with Crippen molar-refractivity contribution in [1.82, 2.24) is 14.7 Å². The fourth-order valence-electron chi connectivity index (χ4n) is 4.56. The molecular formula is C27H26N4O2.